The standard InChI is InChI=1S/C23H26N4O5S/c1-15(12-18-8-6-5-7-9-18)22-21(23(29)26-17(3)13-16(2)24-26)19(14-32-33(4,30)31)27-20(28)10-11-25(22)27/h5-9,12-13,22H,10-11,14H2,1-4H3/b15-12+/t22-/m1/s1. The zero-order valence-electron chi connectivity index (χ0n) is 19.0. The lowest BCUT2D eigenvalue weighted by Crippen LogP contribution is -2.40. The van der Waals surface area contributed by atoms with Crippen molar-refractivity contribution in [2.75, 3.05) is 19.4 Å². The Labute approximate surface area is 193 Å². The van der Waals surface area contributed by atoms with E-state index in [4.69, 9.17) is 4.18 Å². The zero-order valence-corrected chi connectivity index (χ0v) is 19.8. The van der Waals surface area contributed by atoms with Crippen LogP contribution in [0, 0.1) is 13.8 Å². The van der Waals surface area contributed by atoms with Crippen LogP contribution in [0.2, 0.25) is 0 Å². The Kier molecular flexibility index (Phi) is 6.08. The second-order valence-corrected chi connectivity index (χ2v) is 9.93. The molecular formula is C23H26N4O5S. The van der Waals surface area contributed by atoms with E-state index in [1.165, 1.54) is 9.69 Å². The number of carbonyl (C=O) groups is 2. The molecule has 3 heterocycles. The minimum absolute atomic E-state index is 0.212. The van der Waals surface area contributed by atoms with Gasteiger partial charge in [-0.15, -0.1) is 0 Å². The van der Waals surface area contributed by atoms with E-state index in [0.29, 0.717) is 17.9 Å². The van der Waals surface area contributed by atoms with Gasteiger partial charge in [-0.25, -0.2) is 14.7 Å². The number of amides is 1. The maximum Gasteiger partial charge on any atom is 0.278 e. The van der Waals surface area contributed by atoms with E-state index in [0.717, 1.165) is 17.4 Å². The molecule has 1 atom stereocenters. The predicted octanol–water partition coefficient (Wildman–Crippen LogP) is 2.31. The van der Waals surface area contributed by atoms with E-state index in [1.54, 1.807) is 24.9 Å². The molecule has 0 unspecified atom stereocenters. The van der Waals surface area contributed by atoms with Crippen LogP contribution in [0.4, 0.5) is 0 Å². The Hall–Kier alpha value is -3.08. The van der Waals surface area contributed by atoms with Crippen molar-refractivity contribution in [3.8, 4) is 0 Å². The van der Waals surface area contributed by atoms with Gasteiger partial charge in [0, 0.05) is 18.7 Å². The lowest BCUT2D eigenvalue weighted by Gasteiger charge is -2.28. The highest BCUT2D eigenvalue weighted by Gasteiger charge is 2.49. The topological polar surface area (TPSA) is 102 Å². The molecule has 174 valence electrons. The van der Waals surface area contributed by atoms with Crippen molar-refractivity contribution in [2.24, 2.45) is 0 Å². The summed E-state index contributed by atoms with van der Waals surface area (Å²) >= 11 is 0. The number of carbonyl (C=O) groups excluding carboxylic acids is 2. The molecule has 1 amide bonds. The van der Waals surface area contributed by atoms with Crippen molar-refractivity contribution in [1.82, 2.24) is 19.8 Å². The minimum atomic E-state index is -3.80. The monoisotopic (exact) mass is 470 g/mol. The SMILES string of the molecule is C/C(=C\c1ccccc1)[C@@H]1C(C(=O)n2nc(C)cc2C)=C(COS(C)(=O)=O)N2C(=O)CCN12. The highest BCUT2D eigenvalue weighted by Crippen LogP contribution is 2.39. The first-order valence-electron chi connectivity index (χ1n) is 10.5. The van der Waals surface area contributed by atoms with Gasteiger partial charge >= 0.3 is 0 Å². The van der Waals surface area contributed by atoms with Crippen LogP contribution in [-0.4, -0.2) is 65.5 Å². The molecule has 1 aromatic carbocycles. The summed E-state index contributed by atoms with van der Waals surface area (Å²) in [5.41, 5.74) is 3.61. The van der Waals surface area contributed by atoms with Gasteiger partial charge in [-0.2, -0.15) is 13.5 Å². The number of benzene rings is 1. The van der Waals surface area contributed by atoms with Crippen LogP contribution < -0.4 is 0 Å². The first-order valence-corrected chi connectivity index (χ1v) is 12.4. The Balaban J connectivity index is 1.88. The van der Waals surface area contributed by atoms with Crippen molar-refractivity contribution < 1.29 is 22.2 Å². The van der Waals surface area contributed by atoms with Gasteiger partial charge in [0.05, 0.1) is 29.3 Å². The average molecular weight is 471 g/mol. The second kappa shape index (κ2) is 8.69. The first-order chi connectivity index (χ1) is 15.6. The molecular weight excluding hydrogens is 444 g/mol. The molecule has 2 aliphatic heterocycles. The normalized spacial score (nSPS) is 19.5. The molecule has 4 rings (SSSR count). The minimum Gasteiger partial charge on any atom is -0.273 e. The highest BCUT2D eigenvalue weighted by atomic mass is 32.2. The third-order valence-corrected chi connectivity index (χ3v) is 6.20. The summed E-state index contributed by atoms with van der Waals surface area (Å²) in [7, 11) is -3.80. The molecule has 0 saturated carbocycles. The predicted molar refractivity (Wildman–Crippen MR) is 122 cm³/mol. The van der Waals surface area contributed by atoms with Crippen LogP contribution in [0.3, 0.4) is 0 Å². The van der Waals surface area contributed by atoms with Gasteiger partial charge in [-0.3, -0.25) is 13.8 Å². The van der Waals surface area contributed by atoms with Gasteiger partial charge in [-0.1, -0.05) is 36.4 Å². The van der Waals surface area contributed by atoms with Gasteiger partial charge in [0.1, 0.15) is 6.61 Å². The highest BCUT2D eigenvalue weighted by molar-refractivity contribution is 7.86. The van der Waals surface area contributed by atoms with E-state index in [-0.39, 0.29) is 23.6 Å². The number of aryl methyl sites for hydroxylation is 2. The summed E-state index contributed by atoms with van der Waals surface area (Å²) in [6, 6.07) is 10.9. The summed E-state index contributed by atoms with van der Waals surface area (Å²) in [6.07, 6.45) is 3.16. The Morgan fingerprint density at radius 2 is 1.94 bits per heavy atom. The van der Waals surface area contributed by atoms with Crippen molar-refractivity contribution in [3.05, 3.63) is 70.2 Å². The number of hydrogen-bond donors (Lipinski definition) is 0. The van der Waals surface area contributed by atoms with Crippen LogP contribution in [0.25, 0.3) is 6.08 Å². The first kappa shape index (κ1) is 23.1. The van der Waals surface area contributed by atoms with E-state index in [1.807, 2.05) is 43.3 Å². The third kappa shape index (κ3) is 4.54. The summed E-state index contributed by atoms with van der Waals surface area (Å²) in [4.78, 5) is 26.6. The van der Waals surface area contributed by atoms with Gasteiger partial charge in [0.2, 0.25) is 5.91 Å². The fourth-order valence-corrected chi connectivity index (χ4v) is 4.70. The number of hydrazine groups is 1. The van der Waals surface area contributed by atoms with Gasteiger partial charge in [-0.05, 0) is 38.0 Å². The zero-order chi connectivity index (χ0) is 23.9. The number of hydrogen-bond acceptors (Lipinski definition) is 7. The van der Waals surface area contributed by atoms with Crippen LogP contribution in [-0.2, 0) is 19.1 Å². The molecule has 10 heteroatoms. The average Bonchev–Trinajstić information content (AvgIpc) is 3.38. The molecule has 0 spiro atoms. The molecule has 2 aromatic rings. The van der Waals surface area contributed by atoms with Crippen molar-refractivity contribution in [2.45, 2.75) is 33.2 Å². The molecule has 2 aliphatic rings. The number of aromatic nitrogens is 2. The quantitative estimate of drug-likeness (QED) is 0.597. The molecule has 0 aliphatic carbocycles. The molecule has 0 radical (unpaired) electrons. The van der Waals surface area contributed by atoms with Gasteiger partial charge < -0.3 is 0 Å². The number of nitrogens with zero attached hydrogens (tertiary/aromatic N) is 4. The Morgan fingerprint density at radius 3 is 2.55 bits per heavy atom. The van der Waals surface area contributed by atoms with E-state index >= 15 is 0 Å². The summed E-state index contributed by atoms with van der Waals surface area (Å²) in [5.74, 6) is -0.628. The maximum absolute atomic E-state index is 13.8. The molecule has 0 bridgehead atoms. The molecule has 1 aromatic heterocycles. The van der Waals surface area contributed by atoms with Crippen molar-refractivity contribution in [3.63, 3.8) is 0 Å². The molecule has 0 N–H and O–H groups in total. The van der Waals surface area contributed by atoms with E-state index in [9.17, 15) is 18.0 Å². The summed E-state index contributed by atoms with van der Waals surface area (Å²) < 4.78 is 29.8. The third-order valence-electron chi connectivity index (χ3n) is 5.65. The molecule has 1 fully saturated rings. The molecule has 9 nitrogen and oxygen atoms in total. The Morgan fingerprint density at radius 1 is 1.24 bits per heavy atom. The second-order valence-electron chi connectivity index (χ2n) is 8.29. The van der Waals surface area contributed by atoms with Crippen molar-refractivity contribution >= 4 is 28.0 Å². The maximum atomic E-state index is 13.8. The fraction of sp³-hybridized carbons (Fsp3) is 0.348. The van der Waals surface area contributed by atoms with Crippen LogP contribution in [0.5, 0.6) is 0 Å². The van der Waals surface area contributed by atoms with E-state index in [2.05, 4.69) is 5.10 Å². The number of rotatable bonds is 6. The van der Waals surface area contributed by atoms with Crippen LogP contribution >= 0.6 is 0 Å². The van der Waals surface area contributed by atoms with Gasteiger partial charge in [0.15, 0.2) is 0 Å². The van der Waals surface area contributed by atoms with Crippen LogP contribution in [0.15, 0.2) is 53.2 Å². The fourth-order valence-electron chi connectivity index (χ4n) is 4.37. The molecule has 33 heavy (non-hydrogen) atoms. The summed E-state index contributed by atoms with van der Waals surface area (Å²) in [5, 5.41) is 7.52. The lowest BCUT2D eigenvalue weighted by molar-refractivity contribution is -0.133. The smallest absolute Gasteiger partial charge is 0.273 e. The largest absolute Gasteiger partial charge is 0.278 e. The number of fused-ring (bicyclic) bond motifs is 1. The van der Waals surface area contributed by atoms with Crippen molar-refractivity contribution in [1.29, 1.82) is 0 Å². The van der Waals surface area contributed by atoms with Gasteiger partial charge in [0.25, 0.3) is 16.0 Å². The lowest BCUT2D eigenvalue weighted by atomic mass is 9.96. The van der Waals surface area contributed by atoms with Crippen LogP contribution in [0.1, 0.15) is 35.1 Å². The van der Waals surface area contributed by atoms with E-state index < -0.39 is 28.7 Å². The molecule has 1 saturated heterocycles. The summed E-state index contributed by atoms with van der Waals surface area (Å²) in [6.45, 7) is 5.44. The Bertz CT molecular complexity index is 1280.